The van der Waals surface area contributed by atoms with Crippen molar-refractivity contribution in [3.8, 4) is 12.1 Å². The maximum Gasteiger partial charge on any atom is 0.285 e. The molecule has 0 N–H and O–H groups in total. The van der Waals surface area contributed by atoms with Crippen LogP contribution in [0.15, 0.2) is 0 Å². The highest BCUT2D eigenvalue weighted by atomic mass is 16.5. The van der Waals surface area contributed by atoms with E-state index in [1.54, 1.807) is 34.6 Å². The number of hydrogen-bond donors (Lipinski definition) is 0. The Balaban J connectivity index is 5.55. The lowest BCUT2D eigenvalue weighted by molar-refractivity contribution is -0.537. The molecule has 0 aromatic rings. The SMILES string of the molecule is CC(C)(C#N)/C(C#N)=[N+](/[O-])C(C)(C)C. The van der Waals surface area contributed by atoms with Crippen molar-refractivity contribution in [3.05, 3.63) is 5.21 Å². The fraction of sp³-hybridized carbons (Fsp3) is 0.700. The second kappa shape index (κ2) is 3.67. The van der Waals surface area contributed by atoms with Gasteiger partial charge in [-0.15, -0.1) is 0 Å². The minimum atomic E-state index is -1.04. The molecule has 4 heteroatoms. The molecular formula is C10H15N3O. The zero-order chi connectivity index (χ0) is 11.6. The van der Waals surface area contributed by atoms with Crippen molar-refractivity contribution in [2.45, 2.75) is 40.2 Å². The molecule has 0 aliphatic rings. The molecule has 0 rings (SSSR count). The highest BCUT2D eigenvalue weighted by Crippen LogP contribution is 2.18. The Bertz CT molecular complexity index is 334. The molecule has 0 fully saturated rings. The van der Waals surface area contributed by atoms with Crippen molar-refractivity contribution in [2.24, 2.45) is 5.41 Å². The van der Waals surface area contributed by atoms with Crippen LogP contribution in [0.2, 0.25) is 0 Å². The smallest absolute Gasteiger partial charge is 0.285 e. The van der Waals surface area contributed by atoms with E-state index in [-0.39, 0.29) is 5.71 Å². The van der Waals surface area contributed by atoms with E-state index in [4.69, 9.17) is 10.5 Å². The summed E-state index contributed by atoms with van der Waals surface area (Å²) < 4.78 is 0.607. The van der Waals surface area contributed by atoms with Gasteiger partial charge in [0.05, 0.1) is 6.07 Å². The van der Waals surface area contributed by atoms with Crippen molar-refractivity contribution < 1.29 is 4.74 Å². The van der Waals surface area contributed by atoms with Gasteiger partial charge in [0.15, 0.2) is 11.6 Å². The van der Waals surface area contributed by atoms with Crippen molar-refractivity contribution in [2.75, 3.05) is 0 Å². The summed E-state index contributed by atoms with van der Waals surface area (Å²) in [5.74, 6) is 0. The molecule has 0 saturated heterocycles. The molecule has 0 heterocycles. The number of hydrogen-bond acceptors (Lipinski definition) is 3. The molecular weight excluding hydrogens is 178 g/mol. The van der Waals surface area contributed by atoms with Crippen molar-refractivity contribution in [3.63, 3.8) is 0 Å². The fourth-order valence-electron chi connectivity index (χ4n) is 0.827. The Kier molecular flexibility index (Phi) is 3.27. The van der Waals surface area contributed by atoms with Crippen molar-refractivity contribution in [1.82, 2.24) is 0 Å². The molecule has 0 radical (unpaired) electrons. The van der Waals surface area contributed by atoms with Gasteiger partial charge in [-0.1, -0.05) is 0 Å². The molecule has 0 amide bonds. The van der Waals surface area contributed by atoms with Gasteiger partial charge in [0.2, 0.25) is 0 Å². The molecule has 0 spiro atoms. The van der Waals surface area contributed by atoms with E-state index in [0.717, 1.165) is 0 Å². The van der Waals surface area contributed by atoms with Crippen LogP contribution in [0.3, 0.4) is 0 Å². The molecule has 0 aliphatic carbocycles. The minimum absolute atomic E-state index is 0.0486. The third-order valence-electron chi connectivity index (χ3n) is 1.79. The number of nitriles is 2. The molecule has 14 heavy (non-hydrogen) atoms. The van der Waals surface area contributed by atoms with Gasteiger partial charge in [-0.05, 0) is 13.8 Å². The van der Waals surface area contributed by atoms with Crippen LogP contribution in [0.1, 0.15) is 34.6 Å². The highest BCUT2D eigenvalue weighted by molar-refractivity contribution is 6.00. The van der Waals surface area contributed by atoms with E-state index in [9.17, 15) is 5.21 Å². The Morgan fingerprint density at radius 2 is 1.57 bits per heavy atom. The van der Waals surface area contributed by atoms with E-state index < -0.39 is 11.0 Å². The van der Waals surface area contributed by atoms with E-state index in [1.165, 1.54) is 0 Å². The Morgan fingerprint density at radius 1 is 1.14 bits per heavy atom. The largest absolute Gasteiger partial charge is 0.623 e. The lowest BCUT2D eigenvalue weighted by atomic mass is 9.89. The summed E-state index contributed by atoms with van der Waals surface area (Å²) >= 11 is 0. The second-order valence-corrected chi connectivity index (χ2v) is 4.66. The first-order chi connectivity index (χ1) is 6.16. The summed E-state index contributed by atoms with van der Waals surface area (Å²) in [5.41, 5.74) is -1.78. The predicted octanol–water partition coefficient (Wildman–Crippen LogP) is 1.81. The molecule has 0 aliphatic heterocycles. The Morgan fingerprint density at radius 3 is 1.79 bits per heavy atom. The maximum absolute atomic E-state index is 11.7. The second-order valence-electron chi connectivity index (χ2n) is 4.66. The molecule has 76 valence electrons. The lowest BCUT2D eigenvalue weighted by Crippen LogP contribution is -2.38. The van der Waals surface area contributed by atoms with Gasteiger partial charge in [0.25, 0.3) is 5.71 Å². The lowest BCUT2D eigenvalue weighted by Gasteiger charge is -2.23. The maximum atomic E-state index is 11.7. The molecule has 0 aromatic carbocycles. The summed E-state index contributed by atoms with van der Waals surface area (Å²) in [6.45, 7) is 8.21. The first kappa shape index (κ1) is 12.4. The minimum Gasteiger partial charge on any atom is -0.623 e. The van der Waals surface area contributed by atoms with Gasteiger partial charge >= 0.3 is 0 Å². The van der Waals surface area contributed by atoms with Crippen LogP contribution >= 0.6 is 0 Å². The molecule has 0 bridgehead atoms. The molecule has 0 aromatic heterocycles. The Hall–Kier alpha value is -1.55. The Labute approximate surface area is 84.7 Å². The van der Waals surface area contributed by atoms with Crippen LogP contribution in [0.25, 0.3) is 0 Å². The molecule has 4 nitrogen and oxygen atoms in total. The number of hydroxylamine groups is 1. The third-order valence-corrected chi connectivity index (χ3v) is 1.79. The first-order valence-electron chi connectivity index (χ1n) is 4.33. The van der Waals surface area contributed by atoms with Crippen LogP contribution in [-0.4, -0.2) is 16.0 Å². The van der Waals surface area contributed by atoms with Crippen LogP contribution in [0, 0.1) is 33.3 Å². The van der Waals surface area contributed by atoms with Crippen molar-refractivity contribution >= 4 is 5.71 Å². The molecule has 0 atom stereocenters. The van der Waals surface area contributed by atoms with Gasteiger partial charge < -0.3 is 5.21 Å². The van der Waals surface area contributed by atoms with Gasteiger partial charge in [-0.3, -0.25) is 0 Å². The first-order valence-corrected chi connectivity index (χ1v) is 4.33. The van der Waals surface area contributed by atoms with Crippen LogP contribution in [0.4, 0.5) is 0 Å². The zero-order valence-corrected chi connectivity index (χ0v) is 9.25. The standard InChI is InChI=1S/C10H15N3O/c1-9(2,3)13(14)8(6-11)10(4,5)7-12/h1-5H3/b13-8+. The summed E-state index contributed by atoms with van der Waals surface area (Å²) in [6, 6.07) is 3.75. The summed E-state index contributed by atoms with van der Waals surface area (Å²) in [5, 5.41) is 29.4. The van der Waals surface area contributed by atoms with Gasteiger partial charge in [-0.25, -0.2) is 0 Å². The van der Waals surface area contributed by atoms with E-state index in [1.807, 2.05) is 12.1 Å². The summed E-state index contributed by atoms with van der Waals surface area (Å²) in [6.07, 6.45) is 0. The summed E-state index contributed by atoms with van der Waals surface area (Å²) in [4.78, 5) is 0. The average molecular weight is 193 g/mol. The molecule has 0 unspecified atom stereocenters. The fourth-order valence-corrected chi connectivity index (χ4v) is 0.827. The van der Waals surface area contributed by atoms with E-state index in [0.29, 0.717) is 4.74 Å². The number of rotatable bonds is 1. The monoisotopic (exact) mass is 193 g/mol. The average Bonchev–Trinajstić information content (AvgIpc) is 2.03. The predicted molar refractivity (Wildman–Crippen MR) is 53.4 cm³/mol. The third kappa shape index (κ3) is 2.47. The van der Waals surface area contributed by atoms with Crippen LogP contribution in [-0.2, 0) is 0 Å². The number of nitrogens with zero attached hydrogens (tertiary/aromatic N) is 3. The van der Waals surface area contributed by atoms with Crippen LogP contribution < -0.4 is 0 Å². The molecule has 0 saturated carbocycles. The highest BCUT2D eigenvalue weighted by Gasteiger charge is 2.35. The van der Waals surface area contributed by atoms with E-state index in [2.05, 4.69) is 0 Å². The van der Waals surface area contributed by atoms with E-state index >= 15 is 0 Å². The normalized spacial score (nSPS) is 13.9. The van der Waals surface area contributed by atoms with Crippen molar-refractivity contribution in [1.29, 1.82) is 10.5 Å². The zero-order valence-electron chi connectivity index (χ0n) is 9.25. The topological polar surface area (TPSA) is 73.6 Å². The van der Waals surface area contributed by atoms with Gasteiger partial charge in [0, 0.05) is 20.8 Å². The van der Waals surface area contributed by atoms with Crippen LogP contribution in [0.5, 0.6) is 0 Å². The summed E-state index contributed by atoms with van der Waals surface area (Å²) in [7, 11) is 0. The van der Waals surface area contributed by atoms with Gasteiger partial charge in [0.1, 0.15) is 5.41 Å². The van der Waals surface area contributed by atoms with Gasteiger partial charge in [-0.2, -0.15) is 15.3 Å². The quantitative estimate of drug-likeness (QED) is 0.276.